The summed E-state index contributed by atoms with van der Waals surface area (Å²) in [5, 5.41) is 15.7. The van der Waals surface area contributed by atoms with Crippen molar-refractivity contribution in [3.63, 3.8) is 0 Å². The fraction of sp³-hybridized carbons (Fsp3) is 0.385. The molecule has 104 valence electrons. The van der Waals surface area contributed by atoms with Gasteiger partial charge in [-0.15, -0.1) is 0 Å². The van der Waals surface area contributed by atoms with Gasteiger partial charge in [0.1, 0.15) is 26.4 Å². The number of hydrogen-bond acceptors (Lipinski definition) is 6. The second kappa shape index (κ2) is 8.49. The molecule has 2 N–H and O–H groups in total. The monoisotopic (exact) mass is 268 g/mol. The average molecular weight is 268 g/mol. The molecule has 1 aromatic carbocycles. The van der Waals surface area contributed by atoms with Crippen LogP contribution in [0.15, 0.2) is 30.3 Å². The van der Waals surface area contributed by atoms with Crippen molar-refractivity contribution < 1.29 is 29.3 Å². The lowest BCUT2D eigenvalue weighted by atomic mass is 10.2. The van der Waals surface area contributed by atoms with Gasteiger partial charge in [-0.3, -0.25) is 9.59 Å². The number of Topliss-reactive ketones (excluding diaryl/α,β-unsaturated/α-hetero) is 2. The van der Waals surface area contributed by atoms with E-state index in [1.54, 1.807) is 0 Å². The zero-order valence-corrected chi connectivity index (χ0v) is 10.3. The van der Waals surface area contributed by atoms with Gasteiger partial charge in [0, 0.05) is 5.56 Å². The topological polar surface area (TPSA) is 93.1 Å². The molecule has 1 fully saturated rings. The predicted molar refractivity (Wildman–Crippen MR) is 65.3 cm³/mol. The Labute approximate surface area is 110 Å². The van der Waals surface area contributed by atoms with Gasteiger partial charge in [-0.05, 0) is 0 Å². The predicted octanol–water partition coefficient (Wildman–Crippen LogP) is -0.159. The molecule has 0 saturated carbocycles. The lowest BCUT2D eigenvalue weighted by Crippen LogP contribution is -2.26. The molecule has 1 saturated heterocycles. The number of aliphatic hydroxyl groups is 2. The second-order valence-electron chi connectivity index (χ2n) is 3.76. The molecular weight excluding hydrogens is 252 g/mol. The van der Waals surface area contributed by atoms with Gasteiger partial charge in [0.05, 0.1) is 0 Å². The maximum absolute atomic E-state index is 10.8. The number of carbonyl (C=O) groups excluding carboxylic acids is 2. The largest absolute Gasteiger partial charge is 0.388 e. The molecule has 2 rings (SSSR count). The van der Waals surface area contributed by atoms with Gasteiger partial charge in [0.25, 0.3) is 0 Å². The van der Waals surface area contributed by atoms with Crippen LogP contribution in [0.1, 0.15) is 11.9 Å². The Kier molecular flexibility index (Phi) is 6.91. The van der Waals surface area contributed by atoms with Gasteiger partial charge in [0.15, 0.2) is 17.9 Å². The van der Waals surface area contributed by atoms with E-state index in [-0.39, 0.29) is 25.3 Å². The van der Waals surface area contributed by atoms with Gasteiger partial charge in [-0.25, -0.2) is 0 Å². The average Bonchev–Trinajstić information content (AvgIpc) is 2.48. The minimum absolute atomic E-state index is 0.00724. The summed E-state index contributed by atoms with van der Waals surface area (Å²) in [6, 6.07) is 9.59. The van der Waals surface area contributed by atoms with Gasteiger partial charge in [-0.1, -0.05) is 30.3 Å². The Morgan fingerprint density at radius 1 is 1.11 bits per heavy atom. The number of aliphatic hydroxyl groups excluding tert-OH is 2. The van der Waals surface area contributed by atoms with E-state index in [4.69, 9.17) is 19.7 Å². The summed E-state index contributed by atoms with van der Waals surface area (Å²) in [4.78, 5) is 20.5. The van der Waals surface area contributed by atoms with Gasteiger partial charge < -0.3 is 19.7 Å². The number of carbonyl (C=O) groups is 2. The van der Waals surface area contributed by atoms with Crippen molar-refractivity contribution in [3.8, 4) is 0 Å². The molecule has 1 aromatic rings. The molecule has 0 atom stereocenters. The number of benzene rings is 1. The third-order valence-corrected chi connectivity index (χ3v) is 2.22. The summed E-state index contributed by atoms with van der Waals surface area (Å²) in [5.74, 6) is -0.554. The Morgan fingerprint density at radius 3 is 2.05 bits per heavy atom. The fourth-order valence-corrected chi connectivity index (χ4v) is 1.28. The maximum Gasteiger partial charge on any atom is 0.184 e. The Hall–Kier alpha value is -1.60. The zero-order chi connectivity index (χ0) is 14.1. The normalized spacial score (nSPS) is 15.6. The summed E-state index contributed by atoms with van der Waals surface area (Å²) < 4.78 is 10.4. The van der Waals surface area contributed by atoms with E-state index in [2.05, 4.69) is 0 Å². The van der Waals surface area contributed by atoms with Crippen LogP contribution in [0, 0.1) is 0 Å². The molecule has 0 bridgehead atoms. The molecule has 19 heavy (non-hydrogen) atoms. The van der Waals surface area contributed by atoms with Crippen molar-refractivity contribution in [1.29, 1.82) is 0 Å². The van der Waals surface area contributed by atoms with Gasteiger partial charge in [-0.2, -0.15) is 0 Å². The van der Waals surface area contributed by atoms with Crippen LogP contribution >= 0.6 is 0 Å². The smallest absolute Gasteiger partial charge is 0.184 e. The SMILES string of the molecule is O=C(CO)CO.O=C1COC(c2ccccc2)OC1. The first kappa shape index (κ1) is 15.5. The highest BCUT2D eigenvalue weighted by Crippen LogP contribution is 2.20. The quantitative estimate of drug-likeness (QED) is 0.791. The van der Waals surface area contributed by atoms with E-state index in [0.29, 0.717) is 0 Å². The number of ether oxygens (including phenoxy) is 2. The molecule has 1 aliphatic heterocycles. The van der Waals surface area contributed by atoms with Crippen LogP contribution in [-0.4, -0.2) is 48.2 Å². The van der Waals surface area contributed by atoms with Crippen LogP contribution in [0.25, 0.3) is 0 Å². The van der Waals surface area contributed by atoms with Crippen LogP contribution in [-0.2, 0) is 19.1 Å². The Bertz CT molecular complexity index is 387. The van der Waals surface area contributed by atoms with Crippen molar-refractivity contribution in [3.05, 3.63) is 35.9 Å². The lowest BCUT2D eigenvalue weighted by Gasteiger charge is -2.22. The van der Waals surface area contributed by atoms with E-state index in [1.165, 1.54) is 0 Å². The zero-order valence-electron chi connectivity index (χ0n) is 10.3. The Morgan fingerprint density at radius 2 is 1.63 bits per heavy atom. The van der Waals surface area contributed by atoms with Crippen LogP contribution < -0.4 is 0 Å². The van der Waals surface area contributed by atoms with E-state index >= 15 is 0 Å². The molecule has 6 heteroatoms. The third kappa shape index (κ3) is 5.71. The van der Waals surface area contributed by atoms with Crippen LogP contribution in [0.4, 0.5) is 0 Å². The summed E-state index contributed by atoms with van der Waals surface area (Å²) in [6.45, 7) is -0.813. The highest BCUT2D eigenvalue weighted by molar-refractivity contribution is 5.81. The van der Waals surface area contributed by atoms with E-state index in [1.807, 2.05) is 30.3 Å². The maximum atomic E-state index is 10.8. The molecule has 0 spiro atoms. The highest BCUT2D eigenvalue weighted by atomic mass is 16.7. The molecule has 0 unspecified atom stereocenters. The number of hydrogen-bond donors (Lipinski definition) is 2. The molecular formula is C13H16O6. The fourth-order valence-electron chi connectivity index (χ4n) is 1.28. The molecule has 0 aromatic heterocycles. The van der Waals surface area contributed by atoms with Crippen molar-refractivity contribution in [2.45, 2.75) is 6.29 Å². The van der Waals surface area contributed by atoms with Crippen LogP contribution in [0.3, 0.4) is 0 Å². The Balaban J connectivity index is 0.000000258. The van der Waals surface area contributed by atoms with Crippen molar-refractivity contribution in [2.75, 3.05) is 26.4 Å². The minimum atomic E-state index is -0.559. The summed E-state index contributed by atoms with van der Waals surface area (Å²) in [5.41, 5.74) is 0.954. The van der Waals surface area contributed by atoms with Crippen molar-refractivity contribution >= 4 is 11.6 Å². The number of ketones is 2. The van der Waals surface area contributed by atoms with Crippen LogP contribution in [0.5, 0.6) is 0 Å². The number of rotatable bonds is 3. The molecule has 0 radical (unpaired) electrons. The summed E-state index contributed by atoms with van der Waals surface area (Å²) in [7, 11) is 0. The van der Waals surface area contributed by atoms with E-state index < -0.39 is 19.0 Å². The van der Waals surface area contributed by atoms with E-state index in [0.717, 1.165) is 5.56 Å². The first-order valence-electron chi connectivity index (χ1n) is 5.70. The summed E-state index contributed by atoms with van der Waals surface area (Å²) >= 11 is 0. The molecule has 0 amide bonds. The highest BCUT2D eigenvalue weighted by Gasteiger charge is 2.20. The standard InChI is InChI=1S/C10H10O3.C3H6O3/c11-9-6-12-10(13-7-9)8-4-2-1-3-5-8;4-1-3(6)2-5/h1-5,10H,6-7H2;4-5H,1-2H2. The molecule has 6 nitrogen and oxygen atoms in total. The molecule has 0 aliphatic carbocycles. The third-order valence-electron chi connectivity index (χ3n) is 2.22. The van der Waals surface area contributed by atoms with Crippen molar-refractivity contribution in [2.24, 2.45) is 0 Å². The first-order chi connectivity index (χ1) is 9.17. The van der Waals surface area contributed by atoms with E-state index in [9.17, 15) is 9.59 Å². The minimum Gasteiger partial charge on any atom is -0.388 e. The first-order valence-corrected chi connectivity index (χ1v) is 5.70. The summed E-state index contributed by atoms with van der Waals surface area (Å²) in [6.07, 6.45) is -0.376. The second-order valence-corrected chi connectivity index (χ2v) is 3.76. The lowest BCUT2D eigenvalue weighted by molar-refractivity contribution is -0.188. The van der Waals surface area contributed by atoms with Crippen molar-refractivity contribution in [1.82, 2.24) is 0 Å². The molecule has 1 aliphatic rings. The van der Waals surface area contributed by atoms with Crippen LogP contribution in [0.2, 0.25) is 0 Å². The van der Waals surface area contributed by atoms with Gasteiger partial charge >= 0.3 is 0 Å². The molecule has 1 heterocycles. The van der Waals surface area contributed by atoms with Gasteiger partial charge in [0.2, 0.25) is 0 Å².